The van der Waals surface area contributed by atoms with Gasteiger partial charge < -0.3 is 15.0 Å². The van der Waals surface area contributed by atoms with Gasteiger partial charge in [0.15, 0.2) is 0 Å². The molecule has 0 aromatic carbocycles. The first kappa shape index (κ1) is 17.7. The minimum Gasteiger partial charge on any atom is -0.466 e. The van der Waals surface area contributed by atoms with Gasteiger partial charge in [-0.05, 0) is 50.7 Å². The van der Waals surface area contributed by atoms with E-state index in [2.05, 4.69) is 17.4 Å². The highest BCUT2D eigenvalue weighted by atomic mass is 16.5. The lowest BCUT2D eigenvalue weighted by molar-refractivity contribution is -0.150. The molecule has 136 valence electrons. The Hall–Kier alpha value is -2.11. The summed E-state index contributed by atoms with van der Waals surface area (Å²) in [6.07, 6.45) is 5.33. The molecule has 25 heavy (non-hydrogen) atoms. The van der Waals surface area contributed by atoms with Crippen LogP contribution in [0.4, 0.5) is 5.82 Å². The van der Waals surface area contributed by atoms with Crippen LogP contribution in [0.5, 0.6) is 0 Å². The fourth-order valence-electron chi connectivity index (χ4n) is 3.49. The predicted molar refractivity (Wildman–Crippen MR) is 95.3 cm³/mol. The number of amides is 1. The molecule has 0 bridgehead atoms. The van der Waals surface area contributed by atoms with Crippen LogP contribution in [0.1, 0.15) is 43.9 Å². The van der Waals surface area contributed by atoms with Crippen LogP contribution in [0.15, 0.2) is 12.1 Å². The summed E-state index contributed by atoms with van der Waals surface area (Å²) in [5.74, 6) is 1.08. The van der Waals surface area contributed by atoms with Gasteiger partial charge in [0.05, 0.1) is 18.9 Å². The maximum absolute atomic E-state index is 12.1. The van der Waals surface area contributed by atoms with Crippen LogP contribution in [-0.2, 0) is 27.2 Å². The van der Waals surface area contributed by atoms with E-state index in [4.69, 9.17) is 9.72 Å². The fraction of sp³-hybridized carbons (Fsp3) is 0.632. The lowest BCUT2D eigenvalue weighted by Crippen LogP contribution is -2.52. The number of rotatable bonds is 8. The summed E-state index contributed by atoms with van der Waals surface area (Å²) in [6, 6.07) is 4.29. The Morgan fingerprint density at radius 2 is 2.32 bits per heavy atom. The van der Waals surface area contributed by atoms with E-state index in [0.29, 0.717) is 19.6 Å². The summed E-state index contributed by atoms with van der Waals surface area (Å²) in [7, 11) is 0. The average Bonchev–Trinajstić information content (AvgIpc) is 2.63. The fourth-order valence-corrected chi connectivity index (χ4v) is 3.49. The monoisotopic (exact) mass is 345 g/mol. The second kappa shape index (κ2) is 8.32. The van der Waals surface area contributed by atoms with Crippen molar-refractivity contribution in [1.29, 1.82) is 0 Å². The van der Waals surface area contributed by atoms with Crippen molar-refractivity contribution < 1.29 is 14.3 Å². The Morgan fingerprint density at radius 1 is 1.44 bits per heavy atom. The van der Waals surface area contributed by atoms with Gasteiger partial charge in [0, 0.05) is 25.3 Å². The molecule has 0 spiro atoms. The Labute approximate surface area is 148 Å². The van der Waals surface area contributed by atoms with E-state index in [-0.39, 0.29) is 17.8 Å². The summed E-state index contributed by atoms with van der Waals surface area (Å²) in [5, 5.41) is 3.36. The van der Waals surface area contributed by atoms with Crippen LogP contribution in [0.25, 0.3) is 0 Å². The maximum Gasteiger partial charge on any atom is 0.307 e. The number of aryl methyl sites for hydroxylation is 2. The number of carbonyl (C=O) groups is 2. The Balaban J connectivity index is 1.36. The summed E-state index contributed by atoms with van der Waals surface area (Å²) < 4.78 is 4.89. The Morgan fingerprint density at radius 3 is 3.12 bits per heavy atom. The zero-order chi connectivity index (χ0) is 17.6. The maximum atomic E-state index is 12.1. The average molecular weight is 345 g/mol. The van der Waals surface area contributed by atoms with E-state index in [0.717, 1.165) is 50.3 Å². The number of pyridine rings is 1. The largest absolute Gasteiger partial charge is 0.466 e. The van der Waals surface area contributed by atoms with Gasteiger partial charge in [0.25, 0.3) is 0 Å². The smallest absolute Gasteiger partial charge is 0.307 e. The highest BCUT2D eigenvalue weighted by molar-refractivity contribution is 5.85. The number of fused-ring (bicyclic) bond motifs is 1. The highest BCUT2D eigenvalue weighted by Gasteiger charge is 2.35. The van der Waals surface area contributed by atoms with Crippen molar-refractivity contribution in [1.82, 2.24) is 9.88 Å². The number of β-lactam (4-membered cyclic amide) rings is 1. The molecule has 1 saturated heterocycles. The summed E-state index contributed by atoms with van der Waals surface area (Å²) in [4.78, 5) is 29.9. The third-order valence-corrected chi connectivity index (χ3v) is 4.93. The summed E-state index contributed by atoms with van der Waals surface area (Å²) >= 11 is 0. The van der Waals surface area contributed by atoms with Crippen molar-refractivity contribution in [2.75, 3.05) is 31.6 Å². The number of carbonyl (C=O) groups excluding carboxylic acids is 2. The quantitative estimate of drug-likeness (QED) is 0.577. The van der Waals surface area contributed by atoms with Crippen molar-refractivity contribution in [2.24, 2.45) is 5.92 Å². The third-order valence-electron chi connectivity index (χ3n) is 4.93. The van der Waals surface area contributed by atoms with Gasteiger partial charge >= 0.3 is 5.97 Å². The second-order valence-electron chi connectivity index (χ2n) is 6.77. The molecule has 1 fully saturated rings. The molecule has 0 radical (unpaired) electrons. The molecule has 1 aromatic rings. The van der Waals surface area contributed by atoms with Gasteiger partial charge in [0.2, 0.25) is 5.91 Å². The van der Waals surface area contributed by atoms with Crippen molar-refractivity contribution >= 4 is 17.7 Å². The molecule has 1 N–H and O–H groups in total. The van der Waals surface area contributed by atoms with Gasteiger partial charge in [-0.25, -0.2) is 4.98 Å². The molecule has 2 aliphatic heterocycles. The minimum atomic E-state index is -0.231. The van der Waals surface area contributed by atoms with E-state index in [9.17, 15) is 9.59 Å². The molecule has 6 heteroatoms. The molecule has 0 saturated carbocycles. The molecule has 1 atom stereocenters. The first-order valence-corrected chi connectivity index (χ1v) is 9.34. The van der Waals surface area contributed by atoms with Crippen LogP contribution < -0.4 is 5.32 Å². The van der Waals surface area contributed by atoms with Gasteiger partial charge in [0.1, 0.15) is 5.82 Å². The normalized spacial score (nSPS) is 19.0. The van der Waals surface area contributed by atoms with Crippen molar-refractivity contribution in [2.45, 2.75) is 45.4 Å². The first-order chi connectivity index (χ1) is 12.2. The summed E-state index contributed by atoms with van der Waals surface area (Å²) in [5.41, 5.74) is 2.40. The zero-order valence-corrected chi connectivity index (χ0v) is 14.9. The van der Waals surface area contributed by atoms with Gasteiger partial charge in [-0.15, -0.1) is 0 Å². The van der Waals surface area contributed by atoms with E-state index >= 15 is 0 Å². The van der Waals surface area contributed by atoms with Crippen LogP contribution >= 0.6 is 0 Å². The van der Waals surface area contributed by atoms with E-state index < -0.39 is 0 Å². The molecular formula is C19H27N3O3. The van der Waals surface area contributed by atoms with Gasteiger partial charge in [-0.1, -0.05) is 6.07 Å². The van der Waals surface area contributed by atoms with Crippen LogP contribution in [0.2, 0.25) is 0 Å². The lowest BCUT2D eigenvalue weighted by atomic mass is 9.92. The van der Waals surface area contributed by atoms with E-state index in [1.807, 2.05) is 0 Å². The number of anilines is 1. The van der Waals surface area contributed by atoms with Crippen LogP contribution in [0, 0.1) is 5.92 Å². The number of hydrogen-bond acceptors (Lipinski definition) is 5. The van der Waals surface area contributed by atoms with Crippen molar-refractivity contribution in [3.63, 3.8) is 0 Å². The Bertz CT molecular complexity index is 632. The number of hydrogen-bond donors (Lipinski definition) is 1. The predicted octanol–water partition coefficient (Wildman–Crippen LogP) is 2.17. The number of likely N-dealkylation sites (tertiary alicyclic amines) is 1. The molecule has 2 aliphatic rings. The molecular weight excluding hydrogens is 318 g/mol. The van der Waals surface area contributed by atoms with Crippen molar-refractivity contribution in [3.05, 3.63) is 23.4 Å². The molecule has 0 aliphatic carbocycles. The Kier molecular flexibility index (Phi) is 5.89. The summed E-state index contributed by atoms with van der Waals surface area (Å²) in [6.45, 7) is 4.42. The van der Waals surface area contributed by atoms with Gasteiger partial charge in [-0.2, -0.15) is 0 Å². The lowest BCUT2D eigenvalue weighted by Gasteiger charge is -2.38. The molecule has 6 nitrogen and oxygen atoms in total. The number of nitrogens with one attached hydrogen (secondary N) is 1. The topological polar surface area (TPSA) is 71.5 Å². The second-order valence-corrected chi connectivity index (χ2v) is 6.77. The highest BCUT2D eigenvalue weighted by Crippen LogP contribution is 2.24. The zero-order valence-electron chi connectivity index (χ0n) is 14.9. The van der Waals surface area contributed by atoms with E-state index in [1.54, 1.807) is 11.8 Å². The standard InChI is InChI=1S/C19H27N3O3/c1-2-25-17(23)10-12-22-13-15(19(22)24)5-3-7-16-9-8-14-6-4-11-20-18(14)21-16/h8-9,15H,2-7,10-13H2,1H3,(H,20,21). The molecule has 1 aromatic heterocycles. The number of aromatic nitrogens is 1. The molecule has 3 heterocycles. The van der Waals surface area contributed by atoms with E-state index in [1.165, 1.54) is 12.0 Å². The molecule has 3 rings (SSSR count). The first-order valence-electron chi connectivity index (χ1n) is 9.34. The number of esters is 1. The van der Waals surface area contributed by atoms with Crippen LogP contribution in [0.3, 0.4) is 0 Å². The van der Waals surface area contributed by atoms with Crippen molar-refractivity contribution in [3.8, 4) is 0 Å². The van der Waals surface area contributed by atoms with Gasteiger partial charge in [-0.3, -0.25) is 9.59 Å². The molecule has 1 unspecified atom stereocenters. The number of nitrogens with zero attached hydrogens (tertiary/aromatic N) is 2. The minimum absolute atomic E-state index is 0.109. The van der Waals surface area contributed by atoms with Crippen LogP contribution in [-0.4, -0.2) is 48.0 Å². The third kappa shape index (κ3) is 4.50. The number of ether oxygens (including phenoxy) is 1. The molecule has 1 amide bonds. The SMILES string of the molecule is CCOC(=O)CCN1CC(CCCc2ccc3c(n2)NCCC3)C1=O.